The predicted octanol–water partition coefficient (Wildman–Crippen LogP) is 3.87. The van der Waals surface area contributed by atoms with Gasteiger partial charge in [0.2, 0.25) is 17.6 Å². The molecule has 0 aliphatic carbocycles. The number of likely N-dealkylation sites (tertiary alicyclic amines) is 1. The van der Waals surface area contributed by atoms with Crippen LogP contribution in [0.4, 0.5) is 0 Å². The minimum Gasteiger partial charge on any atom is -0.339 e. The summed E-state index contributed by atoms with van der Waals surface area (Å²) in [4.78, 5) is 18.8. The zero-order chi connectivity index (χ0) is 18.1. The Morgan fingerprint density at radius 1 is 1.12 bits per heavy atom. The second-order valence-electron chi connectivity index (χ2n) is 6.92. The van der Waals surface area contributed by atoms with Gasteiger partial charge in [0.15, 0.2) is 0 Å². The standard InChI is InChI=1S/C21H21N3O2/c1-14-7-9-16(10-8-14)20-22-21(26-23-20)18-11-19(25)24(13-18)12-17-6-4-3-5-15(17)2/h3-10,18H,11-13H2,1-2H3. The molecule has 1 aliphatic rings. The summed E-state index contributed by atoms with van der Waals surface area (Å²) >= 11 is 0. The molecule has 0 N–H and O–H groups in total. The van der Waals surface area contributed by atoms with Crippen molar-refractivity contribution in [3.63, 3.8) is 0 Å². The van der Waals surface area contributed by atoms with Gasteiger partial charge in [-0.1, -0.05) is 59.3 Å². The van der Waals surface area contributed by atoms with Crippen LogP contribution < -0.4 is 0 Å². The van der Waals surface area contributed by atoms with Crippen LogP contribution in [0.25, 0.3) is 11.4 Å². The maximum absolute atomic E-state index is 12.4. The summed E-state index contributed by atoms with van der Waals surface area (Å²) in [6, 6.07) is 16.2. The van der Waals surface area contributed by atoms with Crippen LogP contribution in [0.15, 0.2) is 53.1 Å². The minimum atomic E-state index is -0.0433. The number of nitrogens with zero attached hydrogens (tertiary/aromatic N) is 3. The van der Waals surface area contributed by atoms with Gasteiger partial charge in [0.1, 0.15) is 0 Å². The molecule has 5 nitrogen and oxygen atoms in total. The van der Waals surface area contributed by atoms with Crippen LogP contribution in [0, 0.1) is 13.8 Å². The Morgan fingerprint density at radius 3 is 2.65 bits per heavy atom. The van der Waals surface area contributed by atoms with Crippen LogP contribution in [0.2, 0.25) is 0 Å². The number of benzene rings is 2. The molecule has 0 bridgehead atoms. The highest BCUT2D eigenvalue weighted by Gasteiger charge is 2.34. The maximum Gasteiger partial charge on any atom is 0.232 e. The van der Waals surface area contributed by atoms with Gasteiger partial charge in [-0.25, -0.2) is 0 Å². The highest BCUT2D eigenvalue weighted by Crippen LogP contribution is 2.30. The molecule has 1 saturated heterocycles. The fourth-order valence-electron chi connectivity index (χ4n) is 3.30. The third-order valence-corrected chi connectivity index (χ3v) is 4.94. The lowest BCUT2D eigenvalue weighted by Gasteiger charge is -2.17. The number of aromatic nitrogens is 2. The van der Waals surface area contributed by atoms with E-state index < -0.39 is 0 Å². The van der Waals surface area contributed by atoms with E-state index in [4.69, 9.17) is 4.52 Å². The van der Waals surface area contributed by atoms with Crippen molar-refractivity contribution in [3.8, 4) is 11.4 Å². The van der Waals surface area contributed by atoms with Crippen LogP contribution >= 0.6 is 0 Å². The van der Waals surface area contributed by atoms with Gasteiger partial charge in [-0.2, -0.15) is 4.98 Å². The SMILES string of the molecule is Cc1ccc(-c2noc(C3CC(=O)N(Cc4ccccc4C)C3)n2)cc1. The van der Waals surface area contributed by atoms with Crippen LogP contribution in [0.1, 0.15) is 34.9 Å². The van der Waals surface area contributed by atoms with E-state index in [2.05, 4.69) is 29.2 Å². The van der Waals surface area contributed by atoms with Gasteiger partial charge >= 0.3 is 0 Å². The van der Waals surface area contributed by atoms with E-state index in [0.29, 0.717) is 31.2 Å². The van der Waals surface area contributed by atoms with E-state index in [1.807, 2.05) is 48.2 Å². The second-order valence-corrected chi connectivity index (χ2v) is 6.92. The van der Waals surface area contributed by atoms with E-state index >= 15 is 0 Å². The molecular formula is C21H21N3O2. The number of carbonyl (C=O) groups is 1. The zero-order valence-electron chi connectivity index (χ0n) is 15.0. The number of hydrogen-bond donors (Lipinski definition) is 0. The Bertz CT molecular complexity index is 930. The number of hydrogen-bond acceptors (Lipinski definition) is 4. The average molecular weight is 347 g/mol. The van der Waals surface area contributed by atoms with Crippen molar-refractivity contribution in [1.29, 1.82) is 0 Å². The van der Waals surface area contributed by atoms with Crippen LogP contribution in [-0.4, -0.2) is 27.5 Å². The molecule has 1 unspecified atom stereocenters. The second kappa shape index (κ2) is 6.75. The third kappa shape index (κ3) is 3.25. The van der Waals surface area contributed by atoms with Crippen molar-refractivity contribution in [2.45, 2.75) is 32.7 Å². The minimum absolute atomic E-state index is 0.0433. The molecule has 2 aromatic carbocycles. The molecule has 3 aromatic rings. The van der Waals surface area contributed by atoms with E-state index in [9.17, 15) is 4.79 Å². The van der Waals surface area contributed by atoms with E-state index in [-0.39, 0.29) is 11.8 Å². The summed E-state index contributed by atoms with van der Waals surface area (Å²) in [5.74, 6) is 1.21. The van der Waals surface area contributed by atoms with Crippen molar-refractivity contribution >= 4 is 5.91 Å². The number of aryl methyl sites for hydroxylation is 2. The topological polar surface area (TPSA) is 59.2 Å². The molecule has 132 valence electrons. The Morgan fingerprint density at radius 2 is 1.88 bits per heavy atom. The summed E-state index contributed by atoms with van der Waals surface area (Å²) in [7, 11) is 0. The highest BCUT2D eigenvalue weighted by atomic mass is 16.5. The Hall–Kier alpha value is -2.95. The van der Waals surface area contributed by atoms with Crippen molar-refractivity contribution < 1.29 is 9.32 Å². The largest absolute Gasteiger partial charge is 0.339 e. The molecular weight excluding hydrogens is 326 g/mol. The summed E-state index contributed by atoms with van der Waals surface area (Å²) in [5.41, 5.74) is 4.48. The van der Waals surface area contributed by atoms with Crippen molar-refractivity contribution in [2.75, 3.05) is 6.54 Å². The van der Waals surface area contributed by atoms with Crippen molar-refractivity contribution in [3.05, 3.63) is 71.1 Å². The lowest BCUT2D eigenvalue weighted by atomic mass is 10.1. The molecule has 1 amide bonds. The molecule has 1 aliphatic heterocycles. The van der Waals surface area contributed by atoms with Gasteiger partial charge < -0.3 is 9.42 Å². The molecule has 26 heavy (non-hydrogen) atoms. The first-order valence-corrected chi connectivity index (χ1v) is 8.83. The molecule has 1 aromatic heterocycles. The highest BCUT2D eigenvalue weighted by molar-refractivity contribution is 5.79. The normalized spacial score (nSPS) is 17.1. The van der Waals surface area contributed by atoms with Crippen molar-refractivity contribution in [1.82, 2.24) is 15.0 Å². The average Bonchev–Trinajstić information content (AvgIpc) is 3.25. The molecule has 0 spiro atoms. The summed E-state index contributed by atoms with van der Waals surface area (Å²) < 4.78 is 5.46. The van der Waals surface area contributed by atoms with Crippen LogP contribution in [0.3, 0.4) is 0 Å². The van der Waals surface area contributed by atoms with Crippen LogP contribution in [0.5, 0.6) is 0 Å². The van der Waals surface area contributed by atoms with Crippen molar-refractivity contribution in [2.24, 2.45) is 0 Å². The lowest BCUT2D eigenvalue weighted by Crippen LogP contribution is -2.24. The smallest absolute Gasteiger partial charge is 0.232 e. The summed E-state index contributed by atoms with van der Waals surface area (Å²) in [5, 5.41) is 4.09. The first kappa shape index (κ1) is 16.5. The molecule has 0 radical (unpaired) electrons. The van der Waals surface area contributed by atoms with E-state index in [0.717, 1.165) is 5.56 Å². The number of rotatable bonds is 4. The summed E-state index contributed by atoms with van der Waals surface area (Å²) in [6.07, 6.45) is 0.418. The molecule has 1 fully saturated rings. The number of amides is 1. The molecule has 4 rings (SSSR count). The first-order valence-electron chi connectivity index (χ1n) is 8.83. The lowest BCUT2D eigenvalue weighted by molar-refractivity contribution is -0.128. The van der Waals surface area contributed by atoms with E-state index in [1.54, 1.807) is 0 Å². The molecule has 1 atom stereocenters. The number of carbonyl (C=O) groups excluding carboxylic acids is 1. The van der Waals surface area contributed by atoms with Gasteiger partial charge in [0.05, 0.1) is 5.92 Å². The maximum atomic E-state index is 12.4. The molecule has 2 heterocycles. The Labute approximate surface area is 152 Å². The van der Waals surface area contributed by atoms with E-state index in [1.165, 1.54) is 16.7 Å². The molecule has 5 heteroatoms. The van der Waals surface area contributed by atoms with Gasteiger partial charge in [-0.3, -0.25) is 4.79 Å². The molecule has 0 saturated carbocycles. The zero-order valence-corrected chi connectivity index (χ0v) is 15.0. The third-order valence-electron chi connectivity index (χ3n) is 4.94. The Balaban J connectivity index is 1.49. The summed E-state index contributed by atoms with van der Waals surface area (Å²) in [6.45, 7) is 5.35. The first-order chi connectivity index (χ1) is 12.6. The fraction of sp³-hybridized carbons (Fsp3) is 0.286. The van der Waals surface area contributed by atoms with Gasteiger partial charge in [0.25, 0.3) is 0 Å². The van der Waals surface area contributed by atoms with Crippen LogP contribution in [-0.2, 0) is 11.3 Å². The fourth-order valence-corrected chi connectivity index (χ4v) is 3.30. The van der Waals surface area contributed by atoms with Gasteiger partial charge in [-0.05, 0) is 25.0 Å². The van der Waals surface area contributed by atoms with Gasteiger partial charge in [0, 0.05) is 25.1 Å². The monoisotopic (exact) mass is 347 g/mol. The quantitative estimate of drug-likeness (QED) is 0.719. The Kier molecular flexibility index (Phi) is 4.29. The van der Waals surface area contributed by atoms with Gasteiger partial charge in [-0.15, -0.1) is 0 Å². The predicted molar refractivity (Wildman–Crippen MR) is 98.4 cm³/mol.